The van der Waals surface area contributed by atoms with Gasteiger partial charge in [0.15, 0.2) is 11.5 Å². The minimum Gasteiger partial charge on any atom is -0.490 e. The molecule has 104 valence electrons. The van der Waals surface area contributed by atoms with E-state index >= 15 is 0 Å². The number of benzene rings is 1. The van der Waals surface area contributed by atoms with Crippen LogP contribution >= 0.6 is 15.9 Å². The van der Waals surface area contributed by atoms with Gasteiger partial charge in [0.1, 0.15) is 0 Å². The normalized spacial score (nSPS) is 10.0. The Labute approximate surface area is 123 Å². The summed E-state index contributed by atoms with van der Waals surface area (Å²) in [5, 5.41) is 3.12. The molecule has 0 heterocycles. The van der Waals surface area contributed by atoms with E-state index in [9.17, 15) is 0 Å². The molecule has 0 saturated heterocycles. The Morgan fingerprint density at radius 2 is 2.16 bits per heavy atom. The molecule has 0 aliphatic carbocycles. The molecule has 1 N–H and O–H groups in total. The van der Waals surface area contributed by atoms with Gasteiger partial charge in [0, 0.05) is 13.0 Å². The van der Waals surface area contributed by atoms with Crippen molar-refractivity contribution >= 4 is 15.9 Å². The SMILES string of the molecule is C#CCCCOc1c(Br)cc(CNC)cc1OCC. The molecule has 0 bridgehead atoms. The average Bonchev–Trinajstić information content (AvgIpc) is 2.38. The van der Waals surface area contributed by atoms with Crippen LogP contribution in [-0.2, 0) is 6.54 Å². The van der Waals surface area contributed by atoms with E-state index in [-0.39, 0.29) is 0 Å². The van der Waals surface area contributed by atoms with E-state index in [0.29, 0.717) is 13.2 Å². The van der Waals surface area contributed by atoms with Crippen LogP contribution in [0.5, 0.6) is 11.5 Å². The lowest BCUT2D eigenvalue weighted by Crippen LogP contribution is -2.07. The monoisotopic (exact) mass is 325 g/mol. The van der Waals surface area contributed by atoms with Crippen LogP contribution in [0.2, 0.25) is 0 Å². The summed E-state index contributed by atoms with van der Waals surface area (Å²) in [6, 6.07) is 4.04. The lowest BCUT2D eigenvalue weighted by molar-refractivity contribution is 0.272. The van der Waals surface area contributed by atoms with Crippen LogP contribution in [0.1, 0.15) is 25.3 Å². The van der Waals surface area contributed by atoms with E-state index in [1.54, 1.807) is 0 Å². The van der Waals surface area contributed by atoms with Crippen LogP contribution in [-0.4, -0.2) is 20.3 Å². The number of ether oxygens (including phenoxy) is 2. The third-order valence-corrected chi connectivity index (χ3v) is 3.05. The Bertz CT molecular complexity index is 441. The number of nitrogens with one attached hydrogen (secondary N) is 1. The molecule has 1 rings (SSSR count). The number of hydrogen-bond acceptors (Lipinski definition) is 3. The second-order valence-corrected chi connectivity index (χ2v) is 4.88. The fourth-order valence-electron chi connectivity index (χ4n) is 1.68. The highest BCUT2D eigenvalue weighted by Crippen LogP contribution is 2.37. The van der Waals surface area contributed by atoms with Crippen LogP contribution in [0.4, 0.5) is 0 Å². The molecule has 1 aromatic carbocycles. The summed E-state index contributed by atoms with van der Waals surface area (Å²) in [5.41, 5.74) is 1.15. The second kappa shape index (κ2) is 8.84. The molecule has 19 heavy (non-hydrogen) atoms. The van der Waals surface area contributed by atoms with E-state index in [2.05, 4.69) is 27.2 Å². The first-order valence-electron chi connectivity index (χ1n) is 6.39. The minimum atomic E-state index is 0.592. The lowest BCUT2D eigenvalue weighted by Gasteiger charge is -2.15. The first-order valence-corrected chi connectivity index (χ1v) is 7.18. The Morgan fingerprint density at radius 1 is 1.37 bits per heavy atom. The molecule has 3 nitrogen and oxygen atoms in total. The van der Waals surface area contributed by atoms with Crippen molar-refractivity contribution in [3.63, 3.8) is 0 Å². The molecular formula is C15H20BrNO2. The molecule has 0 fully saturated rings. The van der Waals surface area contributed by atoms with E-state index in [4.69, 9.17) is 15.9 Å². The number of hydrogen-bond donors (Lipinski definition) is 1. The average molecular weight is 326 g/mol. The molecule has 0 radical (unpaired) electrons. The molecule has 0 spiro atoms. The minimum absolute atomic E-state index is 0.592. The molecule has 0 amide bonds. The van der Waals surface area contributed by atoms with Crippen molar-refractivity contribution < 1.29 is 9.47 Å². The molecule has 0 aliphatic rings. The predicted octanol–water partition coefficient (Wildman–Crippen LogP) is 3.36. The molecule has 0 aromatic heterocycles. The number of terminal acetylenes is 1. The zero-order chi connectivity index (χ0) is 14.1. The quantitative estimate of drug-likeness (QED) is 0.587. The van der Waals surface area contributed by atoms with Crippen LogP contribution in [0.25, 0.3) is 0 Å². The van der Waals surface area contributed by atoms with Gasteiger partial charge in [-0.05, 0) is 54.0 Å². The zero-order valence-corrected chi connectivity index (χ0v) is 13.0. The maximum absolute atomic E-state index is 5.77. The molecular weight excluding hydrogens is 306 g/mol. The second-order valence-electron chi connectivity index (χ2n) is 4.02. The van der Waals surface area contributed by atoms with Crippen molar-refractivity contribution in [1.29, 1.82) is 0 Å². The lowest BCUT2D eigenvalue weighted by atomic mass is 10.2. The van der Waals surface area contributed by atoms with Crippen molar-refractivity contribution in [2.75, 3.05) is 20.3 Å². The first-order chi connectivity index (χ1) is 9.22. The third kappa shape index (κ3) is 5.14. The Hall–Kier alpha value is -1.18. The zero-order valence-electron chi connectivity index (χ0n) is 11.5. The van der Waals surface area contributed by atoms with E-state index in [0.717, 1.165) is 40.9 Å². The van der Waals surface area contributed by atoms with Crippen molar-refractivity contribution in [2.24, 2.45) is 0 Å². The van der Waals surface area contributed by atoms with Gasteiger partial charge in [0.2, 0.25) is 0 Å². The van der Waals surface area contributed by atoms with Gasteiger partial charge in [-0.3, -0.25) is 0 Å². The van der Waals surface area contributed by atoms with Gasteiger partial charge in [-0.25, -0.2) is 0 Å². The molecule has 0 atom stereocenters. The van der Waals surface area contributed by atoms with Gasteiger partial charge in [-0.2, -0.15) is 0 Å². The van der Waals surface area contributed by atoms with Gasteiger partial charge in [-0.15, -0.1) is 12.3 Å². The maximum atomic E-state index is 5.77. The van der Waals surface area contributed by atoms with Crippen molar-refractivity contribution in [2.45, 2.75) is 26.3 Å². The number of rotatable bonds is 8. The highest BCUT2D eigenvalue weighted by atomic mass is 79.9. The van der Waals surface area contributed by atoms with Crippen LogP contribution in [0, 0.1) is 12.3 Å². The van der Waals surface area contributed by atoms with Gasteiger partial charge < -0.3 is 14.8 Å². The van der Waals surface area contributed by atoms with Crippen molar-refractivity contribution in [3.05, 3.63) is 22.2 Å². The summed E-state index contributed by atoms with van der Waals surface area (Å²) < 4.78 is 12.3. The molecule has 0 saturated carbocycles. The maximum Gasteiger partial charge on any atom is 0.175 e. The molecule has 0 unspecified atom stereocenters. The van der Waals surface area contributed by atoms with Crippen LogP contribution < -0.4 is 14.8 Å². The summed E-state index contributed by atoms with van der Waals surface area (Å²) in [6.07, 6.45) is 6.78. The largest absolute Gasteiger partial charge is 0.490 e. The predicted molar refractivity (Wildman–Crippen MR) is 81.6 cm³/mol. The fourth-order valence-corrected chi connectivity index (χ4v) is 2.28. The van der Waals surface area contributed by atoms with Gasteiger partial charge in [0.05, 0.1) is 17.7 Å². The number of unbranched alkanes of at least 4 members (excludes halogenated alkanes) is 1. The Balaban J connectivity index is 2.84. The van der Waals surface area contributed by atoms with Crippen molar-refractivity contribution in [3.8, 4) is 23.8 Å². The fraction of sp³-hybridized carbons (Fsp3) is 0.467. The number of halogens is 1. The molecule has 0 aliphatic heterocycles. The molecule has 4 heteroatoms. The van der Waals surface area contributed by atoms with Crippen molar-refractivity contribution in [1.82, 2.24) is 5.32 Å². The summed E-state index contributed by atoms with van der Waals surface area (Å²) in [6.45, 7) is 3.95. The Kier molecular flexibility index (Phi) is 7.39. The van der Waals surface area contributed by atoms with E-state index in [1.165, 1.54) is 0 Å². The summed E-state index contributed by atoms with van der Waals surface area (Å²) in [7, 11) is 1.92. The highest BCUT2D eigenvalue weighted by molar-refractivity contribution is 9.10. The van der Waals surface area contributed by atoms with E-state index in [1.807, 2.05) is 26.1 Å². The van der Waals surface area contributed by atoms with Crippen LogP contribution in [0.3, 0.4) is 0 Å². The first kappa shape index (κ1) is 15.9. The topological polar surface area (TPSA) is 30.5 Å². The summed E-state index contributed by atoms with van der Waals surface area (Å²) in [5.74, 6) is 4.12. The molecule has 1 aromatic rings. The Morgan fingerprint density at radius 3 is 2.79 bits per heavy atom. The summed E-state index contributed by atoms with van der Waals surface area (Å²) >= 11 is 3.53. The third-order valence-electron chi connectivity index (χ3n) is 2.46. The highest BCUT2D eigenvalue weighted by Gasteiger charge is 2.11. The van der Waals surface area contributed by atoms with Gasteiger partial charge in [-0.1, -0.05) is 0 Å². The van der Waals surface area contributed by atoms with Gasteiger partial charge in [0.25, 0.3) is 0 Å². The summed E-state index contributed by atoms with van der Waals surface area (Å²) in [4.78, 5) is 0. The standard InChI is InChI=1S/C15H20BrNO2/c1-4-6-7-8-19-15-13(16)9-12(11-17-3)10-14(15)18-5-2/h1,9-10,17H,5-8,11H2,2-3H3. The smallest absolute Gasteiger partial charge is 0.175 e. The van der Waals surface area contributed by atoms with Gasteiger partial charge >= 0.3 is 0 Å². The van der Waals surface area contributed by atoms with Crippen LogP contribution in [0.15, 0.2) is 16.6 Å². The van der Waals surface area contributed by atoms with E-state index < -0.39 is 0 Å².